The van der Waals surface area contributed by atoms with Crippen molar-refractivity contribution in [2.24, 2.45) is 65.1 Å². The van der Waals surface area contributed by atoms with Crippen molar-refractivity contribution < 1.29 is 99.7 Å². The van der Waals surface area contributed by atoms with Gasteiger partial charge in [-0.1, -0.05) is 167 Å². The Hall–Kier alpha value is -5.18. The number of hydrogen-bond acceptors (Lipinski definition) is 21. The zero-order valence-electron chi connectivity index (χ0n) is 62.9. The fourth-order valence-electron chi connectivity index (χ4n) is 14.9. The number of nitrogens with zero attached hydrogens (tertiary/aromatic N) is 1. The van der Waals surface area contributed by atoms with Crippen LogP contribution in [0.25, 0.3) is 0 Å². The van der Waals surface area contributed by atoms with E-state index < -0.39 is 117 Å². The van der Waals surface area contributed by atoms with Crippen molar-refractivity contribution in [3.63, 3.8) is 0 Å². The number of carbonyl (C=O) groups excluding carboxylic acids is 4. The van der Waals surface area contributed by atoms with E-state index in [1.807, 2.05) is 146 Å². The molecule has 22 nitrogen and oxygen atoms in total. The molecule has 6 aliphatic rings. The minimum Gasteiger partial charge on any atom is -0.467 e. The van der Waals surface area contributed by atoms with Crippen molar-refractivity contribution in [1.82, 2.24) is 4.90 Å². The van der Waals surface area contributed by atoms with Gasteiger partial charge in [-0.2, -0.15) is 0 Å². The Morgan fingerprint density at radius 3 is 1.30 bits per heavy atom. The molecule has 6 saturated heterocycles. The highest BCUT2D eigenvalue weighted by Gasteiger charge is 2.58. The highest BCUT2D eigenvalue weighted by Crippen LogP contribution is 2.46. The topological polar surface area (TPSA) is 228 Å². The number of unbranched alkanes of at least 4 members (excludes halogenated alkanes) is 2. The molecule has 6 aliphatic heterocycles. The number of rotatable bonds is 28. The molecule has 0 bridgehead atoms. The first-order valence-electron chi connectivity index (χ1n) is 37.1. The van der Waals surface area contributed by atoms with Gasteiger partial charge in [0.25, 0.3) is 0 Å². The maximum absolute atomic E-state index is 14.7. The number of hydrogen-bond donors (Lipinski definition) is 0. The number of amides is 1. The van der Waals surface area contributed by atoms with Gasteiger partial charge in [-0.15, -0.1) is 0 Å². The van der Waals surface area contributed by atoms with Gasteiger partial charge < -0.3 is 85.4 Å². The minimum absolute atomic E-state index is 0.00982. The zero-order valence-corrected chi connectivity index (χ0v) is 62.9. The normalized spacial score (nSPS) is 39.0. The summed E-state index contributed by atoms with van der Waals surface area (Å²) in [5.41, 5.74) is 2.93. The largest absolute Gasteiger partial charge is 0.467 e. The highest BCUT2D eigenvalue weighted by molar-refractivity contribution is 5.75. The molecule has 12 unspecified atom stereocenters. The summed E-state index contributed by atoms with van der Waals surface area (Å²) in [5.74, 6) is -3.90. The standard InChI is InChI=1S/C79H117NO21/c1-43-48(6)65(74(89-54(43)12)87-38-30-22-29-37-80(39-60-31-23-19-24-32-60)79(84)88-41-62-35-27-21-28-36-62)98-77-69(51(9)46(4)57(15)92-77)99-76-68(50(8)45(3)56(14)91-76)97-73-53(11)64(70(71(101-73)72(83)85-18)100-75-66(93-58(16)81)49(7)44(2)55(13)90-75)96-78-67(94-59(17)82)52(10)47(5)63(95-78)42-86-40-61-33-25-20-26-34-61/h19-21,23-28,31-36,43-57,63-71,73-78H,22,29-30,37-42H2,1-18H3/t43-,44-,45-,46-,47-,48?,49?,50?,51?,52+,53?,54+,55+,56+,57+,63?,64-,65?,66?,67?,68?,69?,70-,71?,73+,74-,75+,76+,77+,78+/m1/s1. The van der Waals surface area contributed by atoms with Gasteiger partial charge in [-0.3, -0.25) is 9.59 Å². The Balaban J connectivity index is 0.960. The second-order valence-electron chi connectivity index (χ2n) is 29.8. The third-order valence-corrected chi connectivity index (χ3v) is 23.1. The average molecular weight is 1420 g/mol. The number of esters is 3. The molecule has 101 heavy (non-hydrogen) atoms. The van der Waals surface area contributed by atoms with Crippen LogP contribution in [-0.4, -0.2) is 173 Å². The lowest BCUT2D eigenvalue weighted by Gasteiger charge is -2.52. The molecule has 564 valence electrons. The fourth-order valence-corrected chi connectivity index (χ4v) is 14.9. The van der Waals surface area contributed by atoms with Crippen LogP contribution in [-0.2, 0) is 115 Å². The predicted molar refractivity (Wildman–Crippen MR) is 372 cm³/mol. The summed E-state index contributed by atoms with van der Waals surface area (Å²) < 4.78 is 114. The summed E-state index contributed by atoms with van der Waals surface area (Å²) in [5, 5.41) is 0. The van der Waals surface area contributed by atoms with Crippen molar-refractivity contribution in [3.8, 4) is 0 Å². The molecule has 3 aromatic carbocycles. The summed E-state index contributed by atoms with van der Waals surface area (Å²) >= 11 is 0. The Morgan fingerprint density at radius 1 is 0.396 bits per heavy atom. The third-order valence-electron chi connectivity index (χ3n) is 23.1. The summed E-state index contributed by atoms with van der Waals surface area (Å²) in [6.45, 7) is 35.4. The first-order valence-corrected chi connectivity index (χ1v) is 37.1. The number of methoxy groups -OCH3 is 1. The van der Waals surface area contributed by atoms with Crippen LogP contribution in [0.4, 0.5) is 4.79 Å². The van der Waals surface area contributed by atoms with Gasteiger partial charge in [0.05, 0.1) is 56.9 Å². The Kier molecular flexibility index (Phi) is 29.4. The van der Waals surface area contributed by atoms with E-state index in [2.05, 4.69) is 48.5 Å². The van der Waals surface area contributed by atoms with E-state index in [0.29, 0.717) is 32.7 Å². The van der Waals surface area contributed by atoms with Crippen LogP contribution in [0.3, 0.4) is 0 Å². The van der Waals surface area contributed by atoms with Crippen LogP contribution in [0.2, 0.25) is 0 Å². The van der Waals surface area contributed by atoms with Crippen LogP contribution in [0.1, 0.15) is 154 Å². The van der Waals surface area contributed by atoms with E-state index in [1.54, 1.807) is 4.90 Å². The minimum atomic E-state index is -1.55. The second-order valence-corrected chi connectivity index (χ2v) is 29.8. The lowest BCUT2D eigenvalue weighted by Crippen LogP contribution is -2.65. The lowest BCUT2D eigenvalue weighted by atomic mass is 9.82. The quantitative estimate of drug-likeness (QED) is 0.0374. The molecule has 0 N–H and O–H groups in total. The fraction of sp³-hybridized carbons (Fsp3) is 0.722. The molecule has 3 aromatic rings. The predicted octanol–water partition coefficient (Wildman–Crippen LogP) is 12.6. The molecule has 0 aromatic heterocycles. The molecule has 0 saturated carbocycles. The monoisotopic (exact) mass is 1420 g/mol. The number of ether oxygens (including phenoxy) is 17. The first kappa shape index (κ1) is 79.9. The summed E-state index contributed by atoms with van der Waals surface area (Å²) in [7, 11) is 1.26. The van der Waals surface area contributed by atoms with Gasteiger partial charge in [0.1, 0.15) is 31.0 Å². The summed E-state index contributed by atoms with van der Waals surface area (Å²) in [6, 6.07) is 29.4. The lowest BCUT2D eigenvalue weighted by molar-refractivity contribution is -0.395. The summed E-state index contributed by atoms with van der Waals surface area (Å²) in [4.78, 5) is 56.0. The Labute approximate surface area is 599 Å². The van der Waals surface area contributed by atoms with Gasteiger partial charge in [-0.25, -0.2) is 9.59 Å². The van der Waals surface area contributed by atoms with Crippen LogP contribution in [0.5, 0.6) is 0 Å². The van der Waals surface area contributed by atoms with Crippen LogP contribution in [0.15, 0.2) is 91.0 Å². The van der Waals surface area contributed by atoms with Crippen LogP contribution < -0.4 is 0 Å². The van der Waals surface area contributed by atoms with Crippen molar-refractivity contribution in [2.45, 2.75) is 274 Å². The van der Waals surface area contributed by atoms with E-state index in [9.17, 15) is 19.2 Å². The van der Waals surface area contributed by atoms with E-state index in [1.165, 1.54) is 21.0 Å². The van der Waals surface area contributed by atoms with Crippen molar-refractivity contribution >= 4 is 24.0 Å². The number of benzene rings is 3. The molecular weight excluding hydrogens is 1300 g/mol. The smallest absolute Gasteiger partial charge is 0.410 e. The molecule has 30 atom stereocenters. The first-order chi connectivity index (χ1) is 48.2. The SMILES string of the molecule is COC(=O)C1O[C@H](OC2C(C)[C@@H](C)[C@H](C)O[C@H]2OC2C(C)[C@@H](C)[C@H](C)O[C@H]2OC2C(C)[C@@H](C)[C@H](C)O[C@H]2OCCCCCN(Cc2ccccc2)C(=O)OCc2ccccc2)C(C)[C@@H](O[C@@H]2OC(COCc3ccccc3)[C@H](C)[C@H](C)C2OC(C)=O)[C@H]1O[C@@H]1O[C@@H](C)[C@H](C)C(C)C1OC(C)=O. The van der Waals surface area contributed by atoms with E-state index in [-0.39, 0.29) is 103 Å². The van der Waals surface area contributed by atoms with Gasteiger partial charge in [-0.05, 0) is 111 Å². The Morgan fingerprint density at radius 2 is 0.802 bits per heavy atom. The third kappa shape index (κ3) is 20.3. The molecule has 22 heteroatoms. The molecule has 6 fully saturated rings. The molecule has 1 amide bonds. The molecule has 6 heterocycles. The molecular formula is C79H117NO21. The zero-order chi connectivity index (χ0) is 72.9. The number of carbonyl (C=O) groups is 4. The van der Waals surface area contributed by atoms with E-state index >= 15 is 0 Å². The highest BCUT2D eigenvalue weighted by atomic mass is 16.8. The van der Waals surface area contributed by atoms with Crippen molar-refractivity contribution in [3.05, 3.63) is 108 Å². The molecule has 0 radical (unpaired) electrons. The van der Waals surface area contributed by atoms with Gasteiger partial charge in [0, 0.05) is 51.3 Å². The van der Waals surface area contributed by atoms with E-state index in [4.69, 9.17) is 80.5 Å². The molecule has 0 spiro atoms. The molecule has 9 rings (SSSR count). The molecule has 0 aliphatic carbocycles. The van der Waals surface area contributed by atoms with Crippen LogP contribution >= 0.6 is 0 Å². The van der Waals surface area contributed by atoms with Gasteiger partial charge in [0.15, 0.2) is 56.1 Å². The van der Waals surface area contributed by atoms with Gasteiger partial charge in [0.2, 0.25) is 0 Å². The Bertz CT molecular complexity index is 3020. The van der Waals surface area contributed by atoms with Crippen molar-refractivity contribution in [2.75, 3.05) is 26.9 Å². The summed E-state index contributed by atoms with van der Waals surface area (Å²) in [6.07, 6.45) is -14.2. The maximum Gasteiger partial charge on any atom is 0.410 e. The van der Waals surface area contributed by atoms with Crippen LogP contribution in [0, 0.1) is 65.1 Å². The van der Waals surface area contributed by atoms with Crippen molar-refractivity contribution in [1.29, 1.82) is 0 Å². The average Bonchev–Trinajstić information content (AvgIpc) is 0.753. The maximum atomic E-state index is 14.7. The van der Waals surface area contributed by atoms with Gasteiger partial charge >= 0.3 is 24.0 Å². The van der Waals surface area contributed by atoms with E-state index in [0.717, 1.165) is 29.5 Å². The second kappa shape index (κ2) is 37.2.